The van der Waals surface area contributed by atoms with Crippen molar-refractivity contribution in [2.24, 2.45) is 11.8 Å². The Morgan fingerprint density at radius 2 is 1.39 bits per heavy atom. The monoisotopic (exact) mass is 484 g/mol. The molecule has 0 amide bonds. The summed E-state index contributed by atoms with van der Waals surface area (Å²) < 4.78 is 0. The van der Waals surface area contributed by atoms with E-state index in [2.05, 4.69) is 103 Å². The second-order valence-corrected chi connectivity index (χ2v) is 10.3. The SMILES string of the molecule is C1=CC=CCC=C1.CC.Cc1ccccc1C1CCN(C[C@H]2CN(Cc3ccccc3)CC2C)CC1. The molecule has 2 atom stereocenters. The first kappa shape index (κ1) is 28.2. The summed E-state index contributed by atoms with van der Waals surface area (Å²) in [4.78, 5) is 5.40. The molecule has 3 aliphatic rings. The van der Waals surface area contributed by atoms with E-state index in [0.29, 0.717) is 0 Å². The van der Waals surface area contributed by atoms with Gasteiger partial charge in [-0.25, -0.2) is 0 Å². The summed E-state index contributed by atoms with van der Waals surface area (Å²) in [5.74, 6) is 2.39. The highest BCUT2D eigenvalue weighted by molar-refractivity contribution is 5.29. The van der Waals surface area contributed by atoms with Crippen molar-refractivity contribution in [3.05, 3.63) is 108 Å². The number of hydrogen-bond donors (Lipinski definition) is 0. The van der Waals surface area contributed by atoms with Gasteiger partial charge < -0.3 is 4.90 Å². The van der Waals surface area contributed by atoms with Gasteiger partial charge in [-0.15, -0.1) is 0 Å². The average molecular weight is 485 g/mol. The van der Waals surface area contributed by atoms with Crippen molar-refractivity contribution in [2.45, 2.75) is 59.4 Å². The van der Waals surface area contributed by atoms with E-state index in [1.807, 2.05) is 26.0 Å². The lowest BCUT2D eigenvalue weighted by Crippen LogP contribution is -2.38. The Balaban J connectivity index is 0.000000342. The van der Waals surface area contributed by atoms with Gasteiger partial charge in [0.25, 0.3) is 0 Å². The van der Waals surface area contributed by atoms with Crippen molar-refractivity contribution in [1.29, 1.82) is 0 Å². The summed E-state index contributed by atoms with van der Waals surface area (Å²) in [6.45, 7) is 16.2. The van der Waals surface area contributed by atoms with Crippen LogP contribution < -0.4 is 0 Å². The fourth-order valence-electron chi connectivity index (χ4n) is 5.68. The summed E-state index contributed by atoms with van der Waals surface area (Å²) in [5.41, 5.74) is 4.50. The van der Waals surface area contributed by atoms with Crippen LogP contribution in [0.5, 0.6) is 0 Å². The molecule has 2 aromatic rings. The Morgan fingerprint density at radius 3 is 2.06 bits per heavy atom. The van der Waals surface area contributed by atoms with Gasteiger partial charge >= 0.3 is 0 Å². The van der Waals surface area contributed by atoms with Crippen LogP contribution in [0, 0.1) is 18.8 Å². The van der Waals surface area contributed by atoms with Gasteiger partial charge in [0.15, 0.2) is 0 Å². The quantitative estimate of drug-likeness (QED) is 0.424. The maximum absolute atomic E-state index is 2.74. The van der Waals surface area contributed by atoms with E-state index in [4.69, 9.17) is 0 Å². The van der Waals surface area contributed by atoms with Crippen LogP contribution in [0.15, 0.2) is 91.1 Å². The molecule has 2 aliphatic heterocycles. The molecule has 1 unspecified atom stereocenters. The minimum absolute atomic E-state index is 0.762. The Labute approximate surface area is 221 Å². The number of benzene rings is 2. The van der Waals surface area contributed by atoms with E-state index in [1.54, 1.807) is 5.56 Å². The molecule has 0 saturated carbocycles. The molecule has 36 heavy (non-hydrogen) atoms. The van der Waals surface area contributed by atoms with Gasteiger partial charge in [0.05, 0.1) is 0 Å². The molecule has 2 fully saturated rings. The third kappa shape index (κ3) is 8.91. The highest BCUT2D eigenvalue weighted by Gasteiger charge is 2.32. The first-order chi connectivity index (χ1) is 17.7. The van der Waals surface area contributed by atoms with Crippen LogP contribution in [0.2, 0.25) is 0 Å². The Bertz CT molecular complexity index is 936. The van der Waals surface area contributed by atoms with E-state index in [9.17, 15) is 0 Å². The molecule has 2 heterocycles. The zero-order valence-electron chi connectivity index (χ0n) is 23.2. The number of nitrogens with zero attached hydrogens (tertiary/aromatic N) is 2. The lowest BCUT2D eigenvalue weighted by Gasteiger charge is -2.35. The smallest absolute Gasteiger partial charge is 0.0233 e. The Morgan fingerprint density at radius 1 is 0.750 bits per heavy atom. The Kier molecular flexibility index (Phi) is 12.2. The highest BCUT2D eigenvalue weighted by atomic mass is 15.2. The topological polar surface area (TPSA) is 6.48 Å². The number of likely N-dealkylation sites (tertiary alicyclic amines) is 2. The van der Waals surface area contributed by atoms with Crippen molar-refractivity contribution in [2.75, 3.05) is 32.7 Å². The van der Waals surface area contributed by atoms with Crippen molar-refractivity contribution in [3.63, 3.8) is 0 Å². The van der Waals surface area contributed by atoms with Crippen molar-refractivity contribution >= 4 is 0 Å². The zero-order chi connectivity index (χ0) is 25.6. The lowest BCUT2D eigenvalue weighted by molar-refractivity contribution is 0.171. The van der Waals surface area contributed by atoms with Gasteiger partial charge in [-0.3, -0.25) is 4.90 Å². The molecule has 2 nitrogen and oxygen atoms in total. The molecule has 0 bridgehead atoms. The average Bonchev–Trinajstić information content (AvgIpc) is 3.10. The van der Waals surface area contributed by atoms with Crippen molar-refractivity contribution in [3.8, 4) is 0 Å². The van der Waals surface area contributed by atoms with Gasteiger partial charge in [0.2, 0.25) is 0 Å². The number of aryl methyl sites for hydroxylation is 1. The van der Waals surface area contributed by atoms with Crippen LogP contribution in [0.3, 0.4) is 0 Å². The van der Waals surface area contributed by atoms with Crippen LogP contribution in [-0.4, -0.2) is 42.5 Å². The first-order valence-corrected chi connectivity index (χ1v) is 14.2. The third-order valence-corrected chi connectivity index (χ3v) is 7.68. The predicted molar refractivity (Wildman–Crippen MR) is 157 cm³/mol. The molecular formula is C34H48N2. The van der Waals surface area contributed by atoms with Gasteiger partial charge in [-0.2, -0.15) is 0 Å². The molecular weight excluding hydrogens is 436 g/mol. The molecule has 0 N–H and O–H groups in total. The molecule has 194 valence electrons. The second-order valence-electron chi connectivity index (χ2n) is 10.3. The molecule has 1 aliphatic carbocycles. The summed E-state index contributed by atoms with van der Waals surface area (Å²) in [5, 5.41) is 0. The van der Waals surface area contributed by atoms with Crippen molar-refractivity contribution in [1.82, 2.24) is 9.80 Å². The normalized spacial score (nSPS) is 22.3. The lowest BCUT2D eigenvalue weighted by atomic mass is 9.86. The molecule has 0 spiro atoms. The summed E-state index contributed by atoms with van der Waals surface area (Å²) >= 11 is 0. The molecule has 5 rings (SSSR count). The van der Waals surface area contributed by atoms with E-state index < -0.39 is 0 Å². The summed E-state index contributed by atoms with van der Waals surface area (Å²) in [6, 6.07) is 19.9. The fourth-order valence-corrected chi connectivity index (χ4v) is 5.68. The maximum Gasteiger partial charge on any atom is 0.0233 e. The standard InChI is InChI=1S/C25H34N2.C7H8.C2H6/c1-20-8-6-7-11-25(20)23-12-14-26(15-13-23)18-24-19-27(16-21(24)2)17-22-9-4-3-5-10-22;1-2-4-6-7-5-3-1;1-2/h3-11,21,23-24H,12-19H2,1-2H3;1-6H,7H2;1-2H3/t21?,24-;;/m0../s1. The molecule has 2 aromatic carbocycles. The van der Waals surface area contributed by atoms with E-state index in [0.717, 1.165) is 30.7 Å². The van der Waals surface area contributed by atoms with Crippen LogP contribution >= 0.6 is 0 Å². The highest BCUT2D eigenvalue weighted by Crippen LogP contribution is 2.32. The Hall–Kier alpha value is -2.42. The molecule has 2 saturated heterocycles. The first-order valence-electron chi connectivity index (χ1n) is 14.2. The fraction of sp³-hybridized carbons (Fsp3) is 0.471. The van der Waals surface area contributed by atoms with Crippen LogP contribution in [0.4, 0.5) is 0 Å². The molecule has 2 heteroatoms. The number of piperidine rings is 1. The van der Waals surface area contributed by atoms with E-state index in [-0.39, 0.29) is 0 Å². The van der Waals surface area contributed by atoms with Gasteiger partial charge in [-0.1, -0.05) is 112 Å². The minimum Gasteiger partial charge on any atom is -0.303 e. The number of hydrogen-bond acceptors (Lipinski definition) is 2. The minimum atomic E-state index is 0.762. The maximum atomic E-state index is 2.74. The zero-order valence-corrected chi connectivity index (χ0v) is 23.2. The van der Waals surface area contributed by atoms with E-state index in [1.165, 1.54) is 56.7 Å². The largest absolute Gasteiger partial charge is 0.303 e. The van der Waals surface area contributed by atoms with Gasteiger partial charge in [-0.05, 0) is 73.7 Å². The van der Waals surface area contributed by atoms with Crippen LogP contribution in [-0.2, 0) is 6.54 Å². The van der Waals surface area contributed by atoms with Crippen LogP contribution in [0.1, 0.15) is 62.6 Å². The molecule has 0 aromatic heterocycles. The molecule has 0 radical (unpaired) electrons. The van der Waals surface area contributed by atoms with Gasteiger partial charge in [0, 0.05) is 26.2 Å². The summed E-state index contributed by atoms with van der Waals surface area (Å²) in [7, 11) is 0. The third-order valence-electron chi connectivity index (χ3n) is 7.68. The predicted octanol–water partition coefficient (Wildman–Crippen LogP) is 8.03. The summed E-state index contributed by atoms with van der Waals surface area (Å²) in [6.07, 6.45) is 16.1. The van der Waals surface area contributed by atoms with Crippen molar-refractivity contribution < 1.29 is 0 Å². The second kappa shape index (κ2) is 15.6. The van der Waals surface area contributed by atoms with Crippen LogP contribution in [0.25, 0.3) is 0 Å². The van der Waals surface area contributed by atoms with Gasteiger partial charge in [0.1, 0.15) is 0 Å². The number of allylic oxidation sites excluding steroid dienone is 6. The number of rotatable bonds is 5. The van der Waals surface area contributed by atoms with E-state index >= 15 is 0 Å².